The number of carbonyl (C=O) groups excluding carboxylic acids is 2. The van der Waals surface area contributed by atoms with Crippen LogP contribution in [0.15, 0.2) is 59.3 Å². The van der Waals surface area contributed by atoms with Gasteiger partial charge in [0.05, 0.1) is 17.8 Å². The van der Waals surface area contributed by atoms with Crippen LogP contribution in [0, 0.1) is 0 Å². The number of nitrogens with zero attached hydrogens (tertiary/aromatic N) is 4. The maximum atomic E-state index is 12.5. The van der Waals surface area contributed by atoms with Crippen LogP contribution in [0.3, 0.4) is 0 Å². The Balaban J connectivity index is 1.78. The van der Waals surface area contributed by atoms with E-state index in [2.05, 4.69) is 36.8 Å². The van der Waals surface area contributed by atoms with Crippen molar-refractivity contribution in [2.45, 2.75) is 0 Å². The average Bonchev–Trinajstić information content (AvgIpc) is 3.14. The summed E-state index contributed by atoms with van der Waals surface area (Å²) in [5, 5.41) is 13.6. The zero-order chi connectivity index (χ0) is 16.9. The molecule has 0 saturated carbocycles. The lowest BCUT2D eigenvalue weighted by Gasteiger charge is -2.10. The Morgan fingerprint density at radius 3 is 2.62 bits per heavy atom. The number of benzene rings is 2. The van der Waals surface area contributed by atoms with Crippen molar-refractivity contribution in [3.8, 4) is 5.69 Å². The van der Waals surface area contributed by atoms with Gasteiger partial charge in [-0.3, -0.25) is 9.59 Å². The first-order valence-corrected chi connectivity index (χ1v) is 7.84. The highest BCUT2D eigenvalue weighted by Gasteiger charge is 2.16. The molecule has 0 fully saturated rings. The summed E-state index contributed by atoms with van der Waals surface area (Å²) in [4.78, 5) is 24.6. The van der Waals surface area contributed by atoms with Gasteiger partial charge in [-0.15, -0.1) is 5.10 Å². The molecule has 7 nitrogen and oxygen atoms in total. The molecule has 24 heavy (non-hydrogen) atoms. The molecule has 0 unspecified atom stereocenters. The highest BCUT2D eigenvalue weighted by atomic mass is 79.9. The number of hydrogen-bond acceptors (Lipinski definition) is 5. The molecule has 0 radical (unpaired) electrons. The molecule has 120 valence electrons. The Morgan fingerprint density at radius 2 is 1.92 bits per heavy atom. The molecule has 0 aliphatic rings. The fraction of sp³-hybridized carbons (Fsp3) is 0.0625. The Morgan fingerprint density at radius 1 is 1.12 bits per heavy atom. The van der Waals surface area contributed by atoms with Gasteiger partial charge in [0, 0.05) is 10.0 Å². The van der Waals surface area contributed by atoms with Gasteiger partial charge in [-0.2, -0.15) is 4.68 Å². The standard InChI is InChI=1S/C16H12BrN5O2/c17-12-6-7-14(22-10-19-20-21-22)13(8-12)16(24)18-9-15(23)11-4-2-1-3-5-11/h1-8,10H,9H2,(H,18,24). The molecule has 1 amide bonds. The second-order valence-electron chi connectivity index (χ2n) is 4.89. The Hall–Kier alpha value is -2.87. The lowest BCUT2D eigenvalue weighted by molar-refractivity contribution is 0.0904. The van der Waals surface area contributed by atoms with E-state index < -0.39 is 0 Å². The van der Waals surface area contributed by atoms with E-state index in [0.29, 0.717) is 16.8 Å². The van der Waals surface area contributed by atoms with Crippen LogP contribution in [-0.2, 0) is 0 Å². The van der Waals surface area contributed by atoms with Gasteiger partial charge < -0.3 is 5.32 Å². The van der Waals surface area contributed by atoms with Gasteiger partial charge in [0.2, 0.25) is 0 Å². The van der Waals surface area contributed by atoms with Crippen LogP contribution < -0.4 is 5.32 Å². The first-order valence-electron chi connectivity index (χ1n) is 7.04. The third-order valence-electron chi connectivity index (χ3n) is 3.30. The Kier molecular flexibility index (Phi) is 4.76. The maximum absolute atomic E-state index is 12.5. The number of tetrazole rings is 1. The summed E-state index contributed by atoms with van der Waals surface area (Å²) in [6, 6.07) is 13.9. The molecule has 0 aliphatic heterocycles. The number of amides is 1. The van der Waals surface area contributed by atoms with Crippen LogP contribution >= 0.6 is 15.9 Å². The fourth-order valence-electron chi connectivity index (χ4n) is 2.14. The molecule has 1 heterocycles. The van der Waals surface area contributed by atoms with Gasteiger partial charge in [-0.25, -0.2) is 0 Å². The molecular formula is C16H12BrN5O2. The molecule has 8 heteroatoms. The predicted molar refractivity (Wildman–Crippen MR) is 90.0 cm³/mol. The second kappa shape index (κ2) is 7.14. The van der Waals surface area contributed by atoms with E-state index >= 15 is 0 Å². The number of nitrogens with one attached hydrogen (secondary N) is 1. The van der Waals surface area contributed by atoms with E-state index in [1.165, 1.54) is 11.0 Å². The van der Waals surface area contributed by atoms with Crippen molar-refractivity contribution in [1.82, 2.24) is 25.5 Å². The highest BCUT2D eigenvalue weighted by molar-refractivity contribution is 9.10. The summed E-state index contributed by atoms with van der Waals surface area (Å²) in [5.74, 6) is -0.547. The van der Waals surface area contributed by atoms with E-state index in [1.54, 1.807) is 42.5 Å². The van der Waals surface area contributed by atoms with Crippen molar-refractivity contribution < 1.29 is 9.59 Å². The molecule has 3 aromatic rings. The van der Waals surface area contributed by atoms with Crippen molar-refractivity contribution in [3.63, 3.8) is 0 Å². The zero-order valence-electron chi connectivity index (χ0n) is 12.4. The van der Waals surface area contributed by atoms with Crippen LogP contribution in [-0.4, -0.2) is 38.4 Å². The molecule has 0 spiro atoms. The number of carbonyl (C=O) groups is 2. The van der Waals surface area contributed by atoms with Crippen LogP contribution in [0.4, 0.5) is 0 Å². The van der Waals surface area contributed by atoms with Crippen molar-refractivity contribution in [3.05, 3.63) is 70.5 Å². The summed E-state index contributed by atoms with van der Waals surface area (Å²) in [5.41, 5.74) is 1.43. The van der Waals surface area contributed by atoms with Crippen LogP contribution in [0.1, 0.15) is 20.7 Å². The fourth-order valence-corrected chi connectivity index (χ4v) is 2.50. The predicted octanol–water partition coefficient (Wildman–Crippen LogP) is 2.04. The quantitative estimate of drug-likeness (QED) is 0.678. The van der Waals surface area contributed by atoms with Crippen molar-refractivity contribution in [2.24, 2.45) is 0 Å². The molecule has 1 N–H and O–H groups in total. The molecule has 0 saturated heterocycles. The molecule has 0 bridgehead atoms. The lowest BCUT2D eigenvalue weighted by atomic mass is 10.1. The smallest absolute Gasteiger partial charge is 0.253 e. The number of Topliss-reactive ketones (excluding diaryl/α,β-unsaturated/α-hetero) is 1. The van der Waals surface area contributed by atoms with Crippen molar-refractivity contribution in [1.29, 1.82) is 0 Å². The van der Waals surface area contributed by atoms with Crippen LogP contribution in [0.2, 0.25) is 0 Å². The van der Waals surface area contributed by atoms with E-state index in [-0.39, 0.29) is 18.2 Å². The van der Waals surface area contributed by atoms with Crippen molar-refractivity contribution >= 4 is 27.6 Å². The maximum Gasteiger partial charge on any atom is 0.253 e. The number of ketones is 1. The van der Waals surface area contributed by atoms with Crippen LogP contribution in [0.25, 0.3) is 5.69 Å². The summed E-state index contributed by atoms with van der Waals surface area (Å²) in [7, 11) is 0. The monoisotopic (exact) mass is 385 g/mol. The normalized spacial score (nSPS) is 10.4. The summed E-state index contributed by atoms with van der Waals surface area (Å²) in [6.45, 7) is -0.0929. The minimum Gasteiger partial charge on any atom is -0.345 e. The first kappa shape index (κ1) is 16.0. The minimum atomic E-state index is -0.383. The third-order valence-corrected chi connectivity index (χ3v) is 3.80. The van der Waals surface area contributed by atoms with Crippen molar-refractivity contribution in [2.75, 3.05) is 6.54 Å². The number of halogens is 1. The van der Waals surface area contributed by atoms with E-state index in [1.807, 2.05) is 6.07 Å². The third kappa shape index (κ3) is 3.54. The summed E-state index contributed by atoms with van der Waals surface area (Å²) >= 11 is 3.34. The number of hydrogen-bond donors (Lipinski definition) is 1. The molecule has 1 aromatic heterocycles. The van der Waals surface area contributed by atoms with Gasteiger partial charge in [0.1, 0.15) is 6.33 Å². The molecular weight excluding hydrogens is 374 g/mol. The molecule has 0 aliphatic carbocycles. The van der Waals surface area contributed by atoms with E-state index in [0.717, 1.165) is 4.47 Å². The lowest BCUT2D eigenvalue weighted by Crippen LogP contribution is -2.30. The zero-order valence-corrected chi connectivity index (χ0v) is 14.0. The highest BCUT2D eigenvalue weighted by Crippen LogP contribution is 2.19. The van der Waals surface area contributed by atoms with Gasteiger partial charge >= 0.3 is 0 Å². The van der Waals surface area contributed by atoms with Gasteiger partial charge in [-0.1, -0.05) is 46.3 Å². The number of rotatable bonds is 5. The SMILES string of the molecule is O=C(CNC(=O)c1cc(Br)ccc1-n1cnnn1)c1ccccc1. The topological polar surface area (TPSA) is 89.8 Å². The summed E-state index contributed by atoms with van der Waals surface area (Å²) < 4.78 is 2.12. The second-order valence-corrected chi connectivity index (χ2v) is 5.80. The Bertz CT molecular complexity index is 865. The molecule has 0 atom stereocenters. The first-order chi connectivity index (χ1) is 11.6. The Labute approximate surface area is 145 Å². The van der Waals surface area contributed by atoms with Gasteiger partial charge in [-0.05, 0) is 28.6 Å². The summed E-state index contributed by atoms with van der Waals surface area (Å²) in [6.07, 6.45) is 1.40. The van der Waals surface area contributed by atoms with Crippen LogP contribution in [0.5, 0.6) is 0 Å². The minimum absolute atomic E-state index is 0.0929. The van der Waals surface area contributed by atoms with E-state index in [4.69, 9.17) is 0 Å². The van der Waals surface area contributed by atoms with E-state index in [9.17, 15) is 9.59 Å². The molecule has 3 rings (SSSR count). The largest absolute Gasteiger partial charge is 0.345 e. The van der Waals surface area contributed by atoms with Gasteiger partial charge in [0.15, 0.2) is 5.78 Å². The molecule has 2 aromatic carbocycles. The average molecular weight is 386 g/mol. The van der Waals surface area contributed by atoms with Gasteiger partial charge in [0.25, 0.3) is 5.91 Å². The number of aromatic nitrogens is 4.